The van der Waals surface area contributed by atoms with E-state index in [0.29, 0.717) is 6.04 Å². The fourth-order valence-corrected chi connectivity index (χ4v) is 2.21. The Bertz CT molecular complexity index is 413. The average Bonchev–Trinajstić information content (AvgIpc) is 2.20. The quantitative estimate of drug-likeness (QED) is 0.815. The Morgan fingerprint density at radius 2 is 2.00 bits per heavy atom. The number of hydrogen-bond acceptors (Lipinski definition) is 2. The van der Waals surface area contributed by atoms with Gasteiger partial charge in [-0.25, -0.2) is 0 Å². The van der Waals surface area contributed by atoms with E-state index in [-0.39, 0.29) is 12.5 Å². The Labute approximate surface area is 109 Å². The third kappa shape index (κ3) is 4.88. The van der Waals surface area contributed by atoms with Gasteiger partial charge in [0, 0.05) is 12.1 Å². The molecule has 0 aliphatic carbocycles. The summed E-state index contributed by atoms with van der Waals surface area (Å²) in [6.45, 7) is 8.22. The minimum absolute atomic E-state index is 0.0103. The van der Waals surface area contributed by atoms with E-state index in [1.165, 1.54) is 16.7 Å². The number of rotatable bonds is 6. The van der Waals surface area contributed by atoms with Crippen molar-refractivity contribution in [3.63, 3.8) is 0 Å². The van der Waals surface area contributed by atoms with E-state index in [4.69, 9.17) is 5.11 Å². The smallest absolute Gasteiger partial charge is 0.304 e. The molecule has 1 aromatic rings. The molecule has 0 aliphatic rings. The molecule has 1 aromatic carbocycles. The summed E-state index contributed by atoms with van der Waals surface area (Å²) in [5.41, 5.74) is 3.69. The largest absolute Gasteiger partial charge is 0.481 e. The molecule has 1 rings (SSSR count). The lowest BCUT2D eigenvalue weighted by Gasteiger charge is -2.20. The van der Waals surface area contributed by atoms with Crippen molar-refractivity contribution in [1.82, 2.24) is 5.32 Å². The van der Waals surface area contributed by atoms with Crippen molar-refractivity contribution in [3.8, 4) is 0 Å². The molecule has 0 radical (unpaired) electrons. The maximum absolute atomic E-state index is 10.9. The summed E-state index contributed by atoms with van der Waals surface area (Å²) in [6, 6.07) is 6.60. The highest BCUT2D eigenvalue weighted by Crippen LogP contribution is 2.14. The maximum atomic E-state index is 10.9. The zero-order valence-electron chi connectivity index (χ0n) is 11.7. The number of carboxylic acid groups (broad SMARTS) is 1. The van der Waals surface area contributed by atoms with Gasteiger partial charge in [0.05, 0.1) is 6.42 Å². The predicted octanol–water partition coefficient (Wildman–Crippen LogP) is 2.69. The Hall–Kier alpha value is -1.35. The maximum Gasteiger partial charge on any atom is 0.304 e. The zero-order chi connectivity index (χ0) is 13.7. The van der Waals surface area contributed by atoms with Crippen LogP contribution in [0.3, 0.4) is 0 Å². The van der Waals surface area contributed by atoms with E-state index in [1.807, 2.05) is 13.8 Å². The standard InChI is InChI=1S/C15H23NO2/c1-10(2)16-14(9-15(17)18)8-13-6-5-11(3)7-12(13)4/h5-7,10,14,16H,8-9H2,1-4H3,(H,17,18). The van der Waals surface area contributed by atoms with Crippen molar-refractivity contribution in [2.75, 3.05) is 0 Å². The first-order valence-electron chi connectivity index (χ1n) is 6.42. The highest BCUT2D eigenvalue weighted by atomic mass is 16.4. The first-order chi connectivity index (χ1) is 8.38. The number of aryl methyl sites for hydroxylation is 2. The summed E-state index contributed by atoms with van der Waals surface area (Å²) in [7, 11) is 0. The summed E-state index contributed by atoms with van der Waals surface area (Å²) in [4.78, 5) is 10.9. The molecule has 3 heteroatoms. The van der Waals surface area contributed by atoms with E-state index >= 15 is 0 Å². The van der Waals surface area contributed by atoms with Gasteiger partial charge in [-0.2, -0.15) is 0 Å². The summed E-state index contributed by atoms with van der Waals surface area (Å²) in [5.74, 6) is -0.752. The lowest BCUT2D eigenvalue weighted by molar-refractivity contribution is -0.137. The Morgan fingerprint density at radius 3 is 2.50 bits per heavy atom. The monoisotopic (exact) mass is 249 g/mol. The molecule has 100 valence electrons. The van der Waals surface area contributed by atoms with Crippen LogP contribution in [0.5, 0.6) is 0 Å². The molecule has 0 heterocycles. The van der Waals surface area contributed by atoms with Gasteiger partial charge in [-0.15, -0.1) is 0 Å². The molecule has 0 spiro atoms. The third-order valence-corrected chi connectivity index (χ3v) is 2.95. The van der Waals surface area contributed by atoms with E-state index < -0.39 is 5.97 Å². The number of benzene rings is 1. The summed E-state index contributed by atoms with van der Waals surface area (Å²) < 4.78 is 0. The van der Waals surface area contributed by atoms with Crippen LogP contribution in [0.15, 0.2) is 18.2 Å². The Balaban J connectivity index is 2.78. The minimum atomic E-state index is -0.752. The van der Waals surface area contributed by atoms with Gasteiger partial charge in [0.1, 0.15) is 0 Å². The SMILES string of the molecule is Cc1ccc(CC(CC(=O)O)NC(C)C)c(C)c1. The normalized spacial score (nSPS) is 12.7. The minimum Gasteiger partial charge on any atom is -0.481 e. The second-order valence-electron chi connectivity index (χ2n) is 5.25. The fraction of sp³-hybridized carbons (Fsp3) is 0.533. The molecule has 2 N–H and O–H groups in total. The van der Waals surface area contributed by atoms with Crippen molar-refractivity contribution in [1.29, 1.82) is 0 Å². The van der Waals surface area contributed by atoms with Gasteiger partial charge in [-0.3, -0.25) is 4.79 Å². The van der Waals surface area contributed by atoms with Gasteiger partial charge in [-0.05, 0) is 31.4 Å². The second kappa shape index (κ2) is 6.55. The molecule has 3 nitrogen and oxygen atoms in total. The highest BCUT2D eigenvalue weighted by Gasteiger charge is 2.15. The number of aliphatic carboxylic acids is 1. The lowest BCUT2D eigenvalue weighted by atomic mass is 9.97. The molecule has 0 amide bonds. The van der Waals surface area contributed by atoms with Gasteiger partial charge < -0.3 is 10.4 Å². The average molecular weight is 249 g/mol. The summed E-state index contributed by atoms with van der Waals surface area (Å²) in [5, 5.41) is 12.3. The van der Waals surface area contributed by atoms with Crippen molar-refractivity contribution in [3.05, 3.63) is 34.9 Å². The van der Waals surface area contributed by atoms with Crippen molar-refractivity contribution in [2.24, 2.45) is 0 Å². The van der Waals surface area contributed by atoms with Crippen LogP contribution < -0.4 is 5.32 Å². The van der Waals surface area contributed by atoms with Crippen LogP contribution in [0.1, 0.15) is 37.0 Å². The Morgan fingerprint density at radius 1 is 1.33 bits per heavy atom. The molecule has 0 bridgehead atoms. The second-order valence-corrected chi connectivity index (χ2v) is 5.25. The topological polar surface area (TPSA) is 49.3 Å². The van der Waals surface area contributed by atoms with Gasteiger partial charge in [0.25, 0.3) is 0 Å². The molecule has 18 heavy (non-hydrogen) atoms. The van der Waals surface area contributed by atoms with Gasteiger partial charge in [0.15, 0.2) is 0 Å². The Kier molecular flexibility index (Phi) is 5.35. The fourth-order valence-electron chi connectivity index (χ4n) is 2.21. The zero-order valence-corrected chi connectivity index (χ0v) is 11.7. The molecular weight excluding hydrogens is 226 g/mol. The van der Waals surface area contributed by atoms with Gasteiger partial charge in [-0.1, -0.05) is 37.6 Å². The van der Waals surface area contributed by atoms with Crippen LogP contribution in [0.25, 0.3) is 0 Å². The van der Waals surface area contributed by atoms with Crippen LogP contribution in [0, 0.1) is 13.8 Å². The predicted molar refractivity (Wildman–Crippen MR) is 73.9 cm³/mol. The van der Waals surface area contributed by atoms with Crippen LogP contribution in [-0.2, 0) is 11.2 Å². The van der Waals surface area contributed by atoms with Crippen LogP contribution in [0.2, 0.25) is 0 Å². The van der Waals surface area contributed by atoms with Crippen molar-refractivity contribution >= 4 is 5.97 Å². The molecule has 1 unspecified atom stereocenters. The molecule has 0 aliphatic heterocycles. The summed E-state index contributed by atoms with van der Waals surface area (Å²) in [6.07, 6.45) is 0.919. The first-order valence-corrected chi connectivity index (χ1v) is 6.42. The molecule has 0 aromatic heterocycles. The van der Waals surface area contributed by atoms with Crippen molar-refractivity contribution < 1.29 is 9.90 Å². The molecule has 1 atom stereocenters. The molecule has 0 fully saturated rings. The lowest BCUT2D eigenvalue weighted by Crippen LogP contribution is -2.38. The van der Waals surface area contributed by atoms with E-state index in [9.17, 15) is 4.79 Å². The third-order valence-electron chi connectivity index (χ3n) is 2.95. The number of nitrogens with one attached hydrogen (secondary N) is 1. The number of hydrogen-bond donors (Lipinski definition) is 2. The molecule has 0 saturated heterocycles. The van der Waals surface area contributed by atoms with Crippen LogP contribution in [-0.4, -0.2) is 23.2 Å². The first kappa shape index (κ1) is 14.7. The van der Waals surface area contributed by atoms with Gasteiger partial charge in [0.2, 0.25) is 0 Å². The summed E-state index contributed by atoms with van der Waals surface area (Å²) >= 11 is 0. The van der Waals surface area contributed by atoms with E-state index in [0.717, 1.165) is 6.42 Å². The molecular formula is C15H23NO2. The number of carbonyl (C=O) groups is 1. The van der Waals surface area contributed by atoms with Gasteiger partial charge >= 0.3 is 5.97 Å². The van der Waals surface area contributed by atoms with Crippen LogP contribution in [0.4, 0.5) is 0 Å². The van der Waals surface area contributed by atoms with Crippen LogP contribution >= 0.6 is 0 Å². The molecule has 0 saturated carbocycles. The highest BCUT2D eigenvalue weighted by molar-refractivity contribution is 5.67. The number of carboxylic acids is 1. The van der Waals surface area contributed by atoms with Crippen molar-refractivity contribution in [2.45, 2.75) is 52.6 Å². The van der Waals surface area contributed by atoms with E-state index in [2.05, 4.69) is 37.4 Å². The van der Waals surface area contributed by atoms with E-state index in [1.54, 1.807) is 0 Å².